The van der Waals surface area contributed by atoms with Crippen LogP contribution in [-0.2, 0) is 16.6 Å². The third-order valence-electron chi connectivity index (χ3n) is 2.77. The van der Waals surface area contributed by atoms with E-state index in [1.54, 1.807) is 12.1 Å². The van der Waals surface area contributed by atoms with E-state index in [2.05, 4.69) is 5.32 Å². The maximum absolute atomic E-state index is 12.3. The van der Waals surface area contributed by atoms with E-state index in [1.165, 1.54) is 4.31 Å². The molecule has 0 atom stereocenters. The Morgan fingerprint density at radius 1 is 1.17 bits per heavy atom. The smallest absolute Gasteiger partial charge is 0.243 e. The van der Waals surface area contributed by atoms with Crippen LogP contribution in [0.15, 0.2) is 29.2 Å². The van der Waals surface area contributed by atoms with E-state index in [-0.39, 0.29) is 0 Å². The van der Waals surface area contributed by atoms with Crippen LogP contribution in [0.3, 0.4) is 0 Å². The molecule has 0 saturated heterocycles. The predicted molar refractivity (Wildman–Crippen MR) is 73.9 cm³/mol. The third-order valence-corrected chi connectivity index (χ3v) is 4.76. The van der Waals surface area contributed by atoms with Gasteiger partial charge in [-0.2, -0.15) is 4.31 Å². The molecule has 0 bridgehead atoms. The van der Waals surface area contributed by atoms with Crippen LogP contribution < -0.4 is 5.32 Å². The Hall–Kier alpha value is -0.910. The number of nitrogens with zero attached hydrogens (tertiary/aromatic N) is 1. The number of sulfonamides is 1. The summed E-state index contributed by atoms with van der Waals surface area (Å²) < 4.78 is 26.2. The van der Waals surface area contributed by atoms with Gasteiger partial charge in [-0.3, -0.25) is 0 Å². The molecule has 0 saturated carbocycles. The molecule has 0 aliphatic heterocycles. The second-order valence-corrected chi connectivity index (χ2v) is 6.11. The predicted octanol–water partition coefficient (Wildman–Crippen LogP) is 1.83. The fourth-order valence-corrected chi connectivity index (χ4v) is 3.37. The van der Waals surface area contributed by atoms with Gasteiger partial charge in [-0.25, -0.2) is 8.42 Å². The highest BCUT2D eigenvalue weighted by atomic mass is 32.2. The molecular formula is C13H22N2O2S. The van der Waals surface area contributed by atoms with Crippen LogP contribution in [-0.4, -0.2) is 32.9 Å². The Labute approximate surface area is 110 Å². The number of hydrogen-bond acceptors (Lipinski definition) is 3. The highest BCUT2D eigenvalue weighted by Crippen LogP contribution is 2.16. The van der Waals surface area contributed by atoms with Crippen LogP contribution in [0, 0.1) is 0 Å². The first kappa shape index (κ1) is 15.1. The van der Waals surface area contributed by atoms with Crippen LogP contribution in [0.2, 0.25) is 0 Å². The minimum absolute atomic E-state index is 0.373. The lowest BCUT2D eigenvalue weighted by Gasteiger charge is -2.19. The van der Waals surface area contributed by atoms with E-state index in [0.717, 1.165) is 18.5 Å². The third kappa shape index (κ3) is 3.54. The molecule has 0 radical (unpaired) electrons. The summed E-state index contributed by atoms with van der Waals surface area (Å²) in [5, 5.41) is 3.04. The molecule has 0 amide bonds. The van der Waals surface area contributed by atoms with Gasteiger partial charge in [0.2, 0.25) is 10.0 Å². The molecule has 0 unspecified atom stereocenters. The van der Waals surface area contributed by atoms with Gasteiger partial charge in [0.15, 0.2) is 0 Å². The van der Waals surface area contributed by atoms with Gasteiger partial charge in [0.05, 0.1) is 4.90 Å². The molecule has 0 aliphatic rings. The summed E-state index contributed by atoms with van der Waals surface area (Å²) in [6.45, 7) is 5.66. The molecule has 0 fully saturated rings. The maximum atomic E-state index is 12.3. The number of benzene rings is 1. The van der Waals surface area contributed by atoms with Crippen molar-refractivity contribution in [2.45, 2.75) is 31.7 Å². The minimum atomic E-state index is -3.33. The molecule has 0 spiro atoms. The molecule has 1 N–H and O–H groups in total. The average Bonchev–Trinajstić information content (AvgIpc) is 2.36. The molecule has 0 aliphatic carbocycles. The van der Waals surface area contributed by atoms with Gasteiger partial charge in [0.1, 0.15) is 0 Å². The van der Waals surface area contributed by atoms with Crippen molar-refractivity contribution in [2.24, 2.45) is 0 Å². The van der Waals surface area contributed by atoms with Gasteiger partial charge in [-0.1, -0.05) is 26.0 Å². The van der Waals surface area contributed by atoms with E-state index >= 15 is 0 Å². The Bertz CT molecular complexity index is 454. The largest absolute Gasteiger partial charge is 0.316 e. The monoisotopic (exact) mass is 270 g/mol. The summed E-state index contributed by atoms with van der Waals surface area (Å²) in [4.78, 5) is 0.373. The van der Waals surface area contributed by atoms with Crippen molar-refractivity contribution in [3.8, 4) is 0 Å². The second-order valence-electron chi connectivity index (χ2n) is 4.17. The summed E-state index contributed by atoms with van der Waals surface area (Å²) >= 11 is 0. The van der Waals surface area contributed by atoms with E-state index in [0.29, 0.717) is 18.0 Å². The van der Waals surface area contributed by atoms with Gasteiger partial charge in [-0.05, 0) is 31.2 Å². The zero-order valence-corrected chi connectivity index (χ0v) is 12.1. The summed E-state index contributed by atoms with van der Waals surface area (Å²) in [6.07, 6.45) is 0.824. The molecule has 0 heterocycles. The fraction of sp³-hybridized carbons (Fsp3) is 0.538. The summed E-state index contributed by atoms with van der Waals surface area (Å²) in [5.41, 5.74) is 1.08. The van der Waals surface area contributed by atoms with E-state index in [1.807, 2.05) is 33.0 Å². The van der Waals surface area contributed by atoms with Crippen LogP contribution in [0.5, 0.6) is 0 Å². The lowest BCUT2D eigenvalue weighted by atomic mass is 10.2. The fourth-order valence-electron chi connectivity index (χ4n) is 1.83. The van der Waals surface area contributed by atoms with Crippen molar-refractivity contribution in [3.05, 3.63) is 29.8 Å². The van der Waals surface area contributed by atoms with E-state index in [4.69, 9.17) is 0 Å². The normalized spacial score (nSPS) is 12.0. The first-order valence-corrected chi connectivity index (χ1v) is 7.74. The van der Waals surface area contributed by atoms with Crippen molar-refractivity contribution in [2.75, 3.05) is 20.1 Å². The van der Waals surface area contributed by atoms with E-state index in [9.17, 15) is 8.42 Å². The van der Waals surface area contributed by atoms with Gasteiger partial charge in [-0.15, -0.1) is 0 Å². The molecule has 5 heteroatoms. The first-order valence-electron chi connectivity index (χ1n) is 6.30. The Kier molecular flexibility index (Phi) is 5.78. The first-order chi connectivity index (χ1) is 8.56. The highest BCUT2D eigenvalue weighted by Gasteiger charge is 2.21. The van der Waals surface area contributed by atoms with Crippen LogP contribution in [0.25, 0.3) is 0 Å². The summed E-state index contributed by atoms with van der Waals surface area (Å²) in [5.74, 6) is 0. The maximum Gasteiger partial charge on any atom is 0.243 e. The summed E-state index contributed by atoms with van der Waals surface area (Å²) in [7, 11) is -1.47. The molecule has 4 nitrogen and oxygen atoms in total. The van der Waals surface area contributed by atoms with Crippen LogP contribution in [0.4, 0.5) is 0 Å². The van der Waals surface area contributed by atoms with Gasteiger partial charge < -0.3 is 5.32 Å². The Morgan fingerprint density at radius 2 is 1.78 bits per heavy atom. The number of hydrogen-bond donors (Lipinski definition) is 1. The zero-order chi connectivity index (χ0) is 13.6. The molecule has 18 heavy (non-hydrogen) atoms. The Balaban J connectivity index is 2.97. The lowest BCUT2D eigenvalue weighted by Crippen LogP contribution is -2.31. The van der Waals surface area contributed by atoms with E-state index < -0.39 is 10.0 Å². The second kappa shape index (κ2) is 6.87. The molecular weight excluding hydrogens is 248 g/mol. The lowest BCUT2D eigenvalue weighted by molar-refractivity contribution is 0.427. The number of nitrogens with one attached hydrogen (secondary N) is 1. The quantitative estimate of drug-likeness (QED) is 0.822. The minimum Gasteiger partial charge on any atom is -0.316 e. The van der Waals surface area contributed by atoms with Gasteiger partial charge in [0, 0.05) is 19.6 Å². The highest BCUT2D eigenvalue weighted by molar-refractivity contribution is 7.89. The van der Waals surface area contributed by atoms with Crippen molar-refractivity contribution < 1.29 is 8.42 Å². The zero-order valence-electron chi connectivity index (χ0n) is 11.3. The van der Waals surface area contributed by atoms with Crippen LogP contribution in [0.1, 0.15) is 25.8 Å². The average molecular weight is 270 g/mol. The molecule has 1 aromatic carbocycles. The standard InChI is InChI=1S/C13H22N2O2S/c1-4-10-15(5-2)18(16,17)13-8-6-12(7-9-13)11-14-3/h6-9,14H,4-5,10-11H2,1-3H3. The van der Waals surface area contributed by atoms with Gasteiger partial charge in [0.25, 0.3) is 0 Å². The molecule has 102 valence electrons. The van der Waals surface area contributed by atoms with Crippen LogP contribution >= 0.6 is 0 Å². The molecule has 0 aromatic heterocycles. The van der Waals surface area contributed by atoms with Gasteiger partial charge >= 0.3 is 0 Å². The molecule has 1 rings (SSSR count). The summed E-state index contributed by atoms with van der Waals surface area (Å²) in [6, 6.07) is 7.06. The van der Waals surface area contributed by atoms with Crippen molar-refractivity contribution in [1.29, 1.82) is 0 Å². The van der Waals surface area contributed by atoms with Crippen molar-refractivity contribution in [1.82, 2.24) is 9.62 Å². The number of rotatable bonds is 7. The topological polar surface area (TPSA) is 49.4 Å². The van der Waals surface area contributed by atoms with Crippen molar-refractivity contribution >= 4 is 10.0 Å². The Morgan fingerprint density at radius 3 is 2.22 bits per heavy atom. The molecule has 1 aromatic rings. The SMILES string of the molecule is CCCN(CC)S(=O)(=O)c1ccc(CNC)cc1. The van der Waals surface area contributed by atoms with Crippen molar-refractivity contribution in [3.63, 3.8) is 0 Å².